The van der Waals surface area contributed by atoms with Crippen molar-refractivity contribution in [1.29, 1.82) is 0 Å². The van der Waals surface area contributed by atoms with Crippen LogP contribution in [0.5, 0.6) is 0 Å². The molecule has 1 aliphatic rings. The predicted octanol–water partition coefficient (Wildman–Crippen LogP) is 1.05. The van der Waals surface area contributed by atoms with Crippen LogP contribution in [0, 0.1) is 5.92 Å². The van der Waals surface area contributed by atoms with Gasteiger partial charge in [-0.3, -0.25) is 9.78 Å². The molecule has 1 aromatic heterocycles. The lowest BCUT2D eigenvalue weighted by molar-refractivity contribution is -0.126. The largest absolute Gasteiger partial charge is 0.352 e. The van der Waals surface area contributed by atoms with Gasteiger partial charge in [0.05, 0.1) is 4.90 Å². The summed E-state index contributed by atoms with van der Waals surface area (Å²) in [5.41, 5.74) is 0.501. The Hall–Kier alpha value is -2.34. The molecule has 1 amide bonds. The van der Waals surface area contributed by atoms with E-state index in [4.69, 9.17) is 0 Å². The molecule has 1 fully saturated rings. The van der Waals surface area contributed by atoms with Crippen LogP contribution < -0.4 is 5.32 Å². The van der Waals surface area contributed by atoms with Crippen molar-refractivity contribution in [3.05, 3.63) is 54.4 Å². The second-order valence-corrected chi connectivity index (χ2v) is 11.5. The Bertz CT molecular complexity index is 1130. The second-order valence-electron chi connectivity index (χ2n) is 7.48. The number of hydrogen-bond acceptors (Lipinski definition) is 6. The van der Waals surface area contributed by atoms with Gasteiger partial charge in [0.25, 0.3) is 0 Å². The number of nitrogens with one attached hydrogen (secondary N) is 1. The lowest BCUT2D eigenvalue weighted by Gasteiger charge is -2.30. The molecule has 0 saturated carbocycles. The highest BCUT2D eigenvalue weighted by molar-refractivity contribution is 7.89. The number of sulfonamides is 2. The fourth-order valence-electron chi connectivity index (χ4n) is 3.43. The van der Waals surface area contributed by atoms with Gasteiger partial charge < -0.3 is 5.32 Å². The van der Waals surface area contributed by atoms with E-state index in [1.807, 2.05) is 0 Å². The van der Waals surface area contributed by atoms with E-state index in [0.717, 1.165) is 4.31 Å². The van der Waals surface area contributed by atoms with Crippen molar-refractivity contribution >= 4 is 26.0 Å². The van der Waals surface area contributed by atoms with Crippen molar-refractivity contribution in [3.63, 3.8) is 0 Å². The average molecular weight is 467 g/mol. The van der Waals surface area contributed by atoms with Crippen LogP contribution in [0.25, 0.3) is 0 Å². The van der Waals surface area contributed by atoms with E-state index in [2.05, 4.69) is 10.3 Å². The number of rotatable bonds is 7. The van der Waals surface area contributed by atoms with Crippen LogP contribution in [0.1, 0.15) is 18.4 Å². The van der Waals surface area contributed by atoms with Crippen LogP contribution in [0.15, 0.2) is 58.6 Å². The number of benzene rings is 1. The number of piperidine rings is 1. The molecule has 168 valence electrons. The van der Waals surface area contributed by atoms with Crippen LogP contribution in [-0.4, -0.2) is 63.5 Å². The van der Waals surface area contributed by atoms with Crippen LogP contribution >= 0.6 is 0 Å². The highest BCUT2D eigenvalue weighted by atomic mass is 32.2. The molecule has 2 aromatic rings. The molecule has 1 aromatic carbocycles. The maximum absolute atomic E-state index is 12.7. The minimum Gasteiger partial charge on any atom is -0.352 e. The topological polar surface area (TPSA) is 117 Å². The number of aromatic nitrogens is 1. The Morgan fingerprint density at radius 2 is 1.77 bits per heavy atom. The van der Waals surface area contributed by atoms with Crippen LogP contribution in [0.4, 0.5) is 0 Å². The highest BCUT2D eigenvalue weighted by Gasteiger charge is 2.32. The molecule has 0 radical (unpaired) electrons. The van der Waals surface area contributed by atoms with Crippen molar-refractivity contribution in [2.75, 3.05) is 27.2 Å². The zero-order valence-electron chi connectivity index (χ0n) is 17.4. The van der Waals surface area contributed by atoms with E-state index >= 15 is 0 Å². The molecular formula is C20H26N4O5S2. The first-order chi connectivity index (χ1) is 14.6. The van der Waals surface area contributed by atoms with Crippen molar-refractivity contribution in [2.24, 2.45) is 5.92 Å². The summed E-state index contributed by atoms with van der Waals surface area (Å²) in [4.78, 5) is 16.8. The molecular weight excluding hydrogens is 440 g/mol. The number of hydrogen-bond donors (Lipinski definition) is 1. The second kappa shape index (κ2) is 9.43. The number of nitrogens with zero attached hydrogens (tertiary/aromatic N) is 3. The van der Waals surface area contributed by atoms with Gasteiger partial charge in [-0.05, 0) is 36.6 Å². The lowest BCUT2D eigenvalue weighted by Crippen LogP contribution is -2.43. The molecule has 11 heteroatoms. The number of carbonyl (C=O) groups excluding carboxylic acids is 1. The maximum Gasteiger partial charge on any atom is 0.244 e. The van der Waals surface area contributed by atoms with E-state index in [-0.39, 0.29) is 41.3 Å². The summed E-state index contributed by atoms with van der Waals surface area (Å²) in [6.07, 6.45) is 3.61. The molecule has 3 rings (SSSR count). The van der Waals surface area contributed by atoms with Crippen LogP contribution in [0.2, 0.25) is 0 Å². The molecule has 0 aliphatic carbocycles. The molecule has 2 heterocycles. The molecule has 1 N–H and O–H groups in total. The molecule has 1 aliphatic heterocycles. The van der Waals surface area contributed by atoms with Crippen molar-refractivity contribution < 1.29 is 21.6 Å². The third kappa shape index (κ3) is 5.12. The fraction of sp³-hybridized carbons (Fsp3) is 0.400. The van der Waals surface area contributed by atoms with Gasteiger partial charge in [-0.25, -0.2) is 21.1 Å². The van der Waals surface area contributed by atoms with Gasteiger partial charge in [-0.1, -0.05) is 18.2 Å². The average Bonchev–Trinajstić information content (AvgIpc) is 2.78. The monoisotopic (exact) mass is 466 g/mol. The molecule has 1 saturated heterocycles. The molecule has 0 unspecified atom stereocenters. The zero-order valence-corrected chi connectivity index (χ0v) is 19.1. The number of carbonyl (C=O) groups is 1. The number of pyridine rings is 1. The minimum atomic E-state index is -3.63. The van der Waals surface area contributed by atoms with Gasteiger partial charge in [0.1, 0.15) is 4.90 Å². The summed E-state index contributed by atoms with van der Waals surface area (Å²) in [7, 11) is -4.34. The van der Waals surface area contributed by atoms with Crippen LogP contribution in [-0.2, 0) is 31.4 Å². The Labute approximate surface area is 183 Å². The van der Waals surface area contributed by atoms with E-state index < -0.39 is 20.0 Å². The molecule has 0 atom stereocenters. The molecule has 0 bridgehead atoms. The Morgan fingerprint density at radius 3 is 2.39 bits per heavy atom. The van der Waals surface area contributed by atoms with Crippen molar-refractivity contribution in [1.82, 2.24) is 18.9 Å². The standard InChI is InChI=1S/C20H26N4O5S2/c1-23(2)31(28,29)19-8-4-3-6-17(19)14-22-20(25)16-9-12-24(13-10-16)30(26,27)18-7-5-11-21-15-18/h3-8,11,15-16H,9-10,12-14H2,1-2H3,(H,22,25). The first-order valence-corrected chi connectivity index (χ1v) is 12.7. The molecule has 31 heavy (non-hydrogen) atoms. The van der Waals surface area contributed by atoms with Crippen molar-refractivity contribution in [3.8, 4) is 0 Å². The summed E-state index contributed by atoms with van der Waals surface area (Å²) in [6, 6.07) is 9.61. The Balaban J connectivity index is 1.61. The molecule has 0 spiro atoms. The minimum absolute atomic E-state index is 0.0796. The van der Waals surface area contributed by atoms with Crippen molar-refractivity contribution in [2.45, 2.75) is 29.2 Å². The fourth-order valence-corrected chi connectivity index (χ4v) is 5.98. The van der Waals surface area contributed by atoms with Crippen LogP contribution in [0.3, 0.4) is 0 Å². The third-order valence-corrected chi connectivity index (χ3v) is 9.08. The van der Waals surface area contributed by atoms with Gasteiger partial charge in [-0.2, -0.15) is 4.31 Å². The van der Waals surface area contributed by atoms with Gasteiger partial charge >= 0.3 is 0 Å². The predicted molar refractivity (Wildman–Crippen MR) is 115 cm³/mol. The quantitative estimate of drug-likeness (QED) is 0.652. The maximum atomic E-state index is 12.7. The highest BCUT2D eigenvalue weighted by Crippen LogP contribution is 2.24. The SMILES string of the molecule is CN(C)S(=O)(=O)c1ccccc1CNC(=O)C1CCN(S(=O)(=O)c2cccnc2)CC1. The Morgan fingerprint density at radius 1 is 1.10 bits per heavy atom. The zero-order chi connectivity index (χ0) is 22.6. The third-order valence-electron chi connectivity index (χ3n) is 5.28. The lowest BCUT2D eigenvalue weighted by atomic mass is 9.97. The van der Waals surface area contributed by atoms with E-state index in [9.17, 15) is 21.6 Å². The first kappa shape index (κ1) is 23.3. The van der Waals surface area contributed by atoms with Gasteiger partial charge in [0.15, 0.2) is 0 Å². The van der Waals surface area contributed by atoms with E-state index in [0.29, 0.717) is 18.4 Å². The molecule has 9 nitrogen and oxygen atoms in total. The summed E-state index contributed by atoms with van der Waals surface area (Å²) >= 11 is 0. The normalized spacial score (nSPS) is 16.4. The summed E-state index contributed by atoms with van der Waals surface area (Å²) in [5.74, 6) is -0.548. The van der Waals surface area contributed by atoms with E-state index in [1.54, 1.807) is 24.3 Å². The van der Waals surface area contributed by atoms with E-state index in [1.165, 1.54) is 42.9 Å². The number of amides is 1. The summed E-state index contributed by atoms with van der Waals surface area (Å²) in [5, 5.41) is 2.81. The Kier molecular flexibility index (Phi) is 7.10. The van der Waals surface area contributed by atoms with Gasteiger partial charge in [0, 0.05) is 52.0 Å². The first-order valence-electron chi connectivity index (χ1n) is 9.82. The summed E-state index contributed by atoms with van der Waals surface area (Å²) < 4.78 is 52.9. The summed E-state index contributed by atoms with van der Waals surface area (Å²) in [6.45, 7) is 0.554. The smallest absolute Gasteiger partial charge is 0.244 e. The van der Waals surface area contributed by atoms with Gasteiger partial charge in [0.2, 0.25) is 26.0 Å². The van der Waals surface area contributed by atoms with Gasteiger partial charge in [-0.15, -0.1) is 0 Å².